The van der Waals surface area contributed by atoms with E-state index < -0.39 is 6.09 Å². The summed E-state index contributed by atoms with van der Waals surface area (Å²) in [6.07, 6.45) is 2.93. The molecule has 232 valence electrons. The van der Waals surface area contributed by atoms with E-state index in [9.17, 15) is 14.0 Å². The largest absolute Gasteiger partial charge is 0.457 e. The first-order valence-corrected chi connectivity index (χ1v) is 14.8. The molecule has 5 rings (SSSR count). The van der Waals surface area contributed by atoms with Crippen molar-refractivity contribution in [3.63, 3.8) is 0 Å². The number of piperidine rings is 1. The van der Waals surface area contributed by atoms with E-state index in [-0.39, 0.29) is 23.3 Å². The molecule has 2 fully saturated rings. The number of carbonyl (C=O) groups is 2. The number of pyridine rings is 1. The van der Waals surface area contributed by atoms with E-state index >= 15 is 0 Å². The molecule has 2 amide bonds. The fraction of sp³-hybridized carbons (Fsp3) is 0.355. The number of aromatic nitrogens is 1. The summed E-state index contributed by atoms with van der Waals surface area (Å²) in [4.78, 5) is 39.2. The zero-order valence-corrected chi connectivity index (χ0v) is 25.5. The van der Waals surface area contributed by atoms with Gasteiger partial charge in [-0.05, 0) is 87.2 Å². The van der Waals surface area contributed by atoms with Gasteiger partial charge in [-0.1, -0.05) is 12.1 Å². The minimum atomic E-state index is -0.596. The highest BCUT2D eigenvalue weighted by Crippen LogP contribution is 2.26. The second-order valence-corrected chi connectivity index (χ2v) is 11.5. The maximum atomic E-state index is 13.1. The number of anilines is 2. The maximum absolute atomic E-state index is 13.1. The number of ether oxygens (including phenoxy) is 1. The van der Waals surface area contributed by atoms with Crippen LogP contribution in [0.3, 0.4) is 0 Å². The second kappa shape index (κ2) is 14.5. The fourth-order valence-corrected chi connectivity index (χ4v) is 5.29. The molecule has 11 nitrogen and oxygen atoms in total. The molecule has 3 heterocycles. The first-order chi connectivity index (χ1) is 21.2. The predicted molar refractivity (Wildman–Crippen MR) is 169 cm³/mol. The van der Waals surface area contributed by atoms with E-state index in [4.69, 9.17) is 21.8 Å². The van der Waals surface area contributed by atoms with Crippen molar-refractivity contribution in [2.45, 2.75) is 31.3 Å². The Morgan fingerprint density at radius 3 is 2.39 bits per heavy atom. The summed E-state index contributed by atoms with van der Waals surface area (Å²) in [5.41, 5.74) is 1.33. The van der Waals surface area contributed by atoms with Crippen LogP contribution < -0.4 is 20.7 Å². The highest BCUT2D eigenvalue weighted by molar-refractivity contribution is 7.80. The number of hydrogen-bond acceptors (Lipinski definition) is 9. The van der Waals surface area contributed by atoms with Crippen molar-refractivity contribution < 1.29 is 23.6 Å². The van der Waals surface area contributed by atoms with E-state index in [0.717, 1.165) is 25.9 Å². The van der Waals surface area contributed by atoms with E-state index in [2.05, 4.69) is 44.8 Å². The summed E-state index contributed by atoms with van der Waals surface area (Å²) in [7, 11) is 4.24. The molecule has 0 aliphatic carbocycles. The molecule has 1 aromatic heterocycles. The summed E-state index contributed by atoms with van der Waals surface area (Å²) in [6.45, 7) is 3.57. The topological polar surface area (TPSA) is 111 Å². The molecule has 0 spiro atoms. The Morgan fingerprint density at radius 1 is 1.00 bits per heavy atom. The zero-order chi connectivity index (χ0) is 31.1. The third-order valence-corrected chi connectivity index (χ3v) is 7.82. The van der Waals surface area contributed by atoms with Crippen molar-refractivity contribution in [2.75, 3.05) is 50.9 Å². The number of rotatable bonds is 9. The Balaban J connectivity index is 1.03. The quantitative estimate of drug-likeness (QED) is 0.300. The van der Waals surface area contributed by atoms with E-state index in [1.54, 1.807) is 53.6 Å². The van der Waals surface area contributed by atoms with Crippen molar-refractivity contribution in [3.8, 4) is 11.5 Å². The number of likely N-dealkylation sites (N-methyl/N-ethyl adjacent to an activating group) is 1. The number of hydroxylamine groups is 2. The molecular weight excluding hydrogens is 585 g/mol. The molecule has 0 atom stereocenters. The van der Waals surface area contributed by atoms with Crippen LogP contribution >= 0.6 is 12.2 Å². The van der Waals surface area contributed by atoms with Gasteiger partial charge in [-0.25, -0.2) is 14.2 Å². The van der Waals surface area contributed by atoms with Crippen LogP contribution in [0.4, 0.5) is 20.7 Å². The Kier molecular flexibility index (Phi) is 10.3. The number of carbonyl (C=O) groups excluding carboxylic acids is 2. The van der Waals surface area contributed by atoms with Gasteiger partial charge in [0.1, 0.15) is 23.1 Å². The van der Waals surface area contributed by atoms with Crippen molar-refractivity contribution in [2.24, 2.45) is 0 Å². The Bertz CT molecular complexity index is 1440. The van der Waals surface area contributed by atoms with Gasteiger partial charge in [-0.3, -0.25) is 15.0 Å². The van der Waals surface area contributed by atoms with Crippen LogP contribution in [0.25, 0.3) is 0 Å². The number of amides is 2. The van der Waals surface area contributed by atoms with Crippen LogP contribution in [0.2, 0.25) is 0 Å². The SMILES string of the molecule is CN(C)C1CN(C2CCN(OC(=O)Nc3cc(Oc4ccc(NC(=S)NC(=O)Cc5ccc(F)cc5)cc4)ccn3)CC2)C1. The minimum absolute atomic E-state index is 0.0741. The van der Waals surface area contributed by atoms with Gasteiger partial charge in [0.05, 0.1) is 6.42 Å². The molecule has 0 radical (unpaired) electrons. The van der Waals surface area contributed by atoms with Gasteiger partial charge in [0.2, 0.25) is 5.91 Å². The van der Waals surface area contributed by atoms with Gasteiger partial charge in [-0.15, -0.1) is 5.06 Å². The number of nitrogens with zero attached hydrogens (tertiary/aromatic N) is 4. The normalized spacial score (nSPS) is 16.2. The molecule has 2 aliphatic heterocycles. The van der Waals surface area contributed by atoms with Crippen LogP contribution in [0.5, 0.6) is 11.5 Å². The lowest BCUT2D eigenvalue weighted by Gasteiger charge is -2.48. The van der Waals surface area contributed by atoms with Crippen LogP contribution in [0, 0.1) is 5.82 Å². The number of hydrogen-bond donors (Lipinski definition) is 3. The van der Waals surface area contributed by atoms with Crippen molar-refractivity contribution in [3.05, 3.63) is 78.2 Å². The highest BCUT2D eigenvalue weighted by Gasteiger charge is 2.35. The Morgan fingerprint density at radius 2 is 1.70 bits per heavy atom. The highest BCUT2D eigenvalue weighted by atomic mass is 32.1. The van der Waals surface area contributed by atoms with Crippen molar-refractivity contribution >= 4 is 40.8 Å². The van der Waals surface area contributed by atoms with Gasteiger partial charge < -0.3 is 25.1 Å². The molecule has 44 heavy (non-hydrogen) atoms. The number of benzene rings is 2. The van der Waals surface area contributed by atoms with Crippen molar-refractivity contribution in [1.29, 1.82) is 0 Å². The average Bonchev–Trinajstić information content (AvgIpc) is 2.95. The Hall–Kier alpha value is -4.17. The summed E-state index contributed by atoms with van der Waals surface area (Å²) in [6, 6.07) is 17.1. The molecule has 0 saturated carbocycles. The molecule has 0 bridgehead atoms. The van der Waals surface area contributed by atoms with Gasteiger partial charge in [0.25, 0.3) is 0 Å². The monoisotopic (exact) mass is 621 g/mol. The first kappa shape index (κ1) is 31.3. The number of likely N-dealkylation sites (tertiary alicyclic amines) is 1. The molecular formula is C31H36FN7O4S. The van der Waals surface area contributed by atoms with Gasteiger partial charge >= 0.3 is 6.09 Å². The summed E-state index contributed by atoms with van der Waals surface area (Å²) < 4.78 is 19.0. The van der Waals surface area contributed by atoms with E-state index in [0.29, 0.717) is 53.7 Å². The Labute approximate surface area is 261 Å². The smallest absolute Gasteiger partial charge is 0.431 e. The molecule has 3 N–H and O–H groups in total. The molecule has 0 unspecified atom stereocenters. The fourth-order valence-electron chi connectivity index (χ4n) is 5.06. The number of nitrogens with one attached hydrogen (secondary N) is 3. The minimum Gasteiger partial charge on any atom is -0.457 e. The second-order valence-electron chi connectivity index (χ2n) is 11.0. The lowest BCUT2D eigenvalue weighted by atomic mass is 9.98. The summed E-state index contributed by atoms with van der Waals surface area (Å²) in [5.74, 6) is 0.652. The molecule has 2 aromatic carbocycles. The molecule has 2 saturated heterocycles. The maximum Gasteiger partial charge on any atom is 0.431 e. The molecule has 13 heteroatoms. The molecule has 2 aliphatic rings. The lowest BCUT2D eigenvalue weighted by Crippen LogP contribution is -2.62. The van der Waals surface area contributed by atoms with Crippen molar-refractivity contribution in [1.82, 2.24) is 25.2 Å². The average molecular weight is 622 g/mol. The van der Waals surface area contributed by atoms with Gasteiger partial charge in [0.15, 0.2) is 5.11 Å². The third kappa shape index (κ3) is 8.92. The van der Waals surface area contributed by atoms with E-state index in [1.165, 1.54) is 18.3 Å². The van der Waals surface area contributed by atoms with Gasteiger partial charge in [-0.2, -0.15) is 0 Å². The first-order valence-electron chi connectivity index (χ1n) is 14.4. The summed E-state index contributed by atoms with van der Waals surface area (Å²) >= 11 is 5.23. The van der Waals surface area contributed by atoms with Gasteiger partial charge in [0, 0.05) is 56.2 Å². The summed E-state index contributed by atoms with van der Waals surface area (Å²) in [5, 5.41) is 10.1. The number of halogens is 1. The molecule has 3 aromatic rings. The van der Waals surface area contributed by atoms with Crippen LogP contribution in [0.15, 0.2) is 66.9 Å². The predicted octanol–water partition coefficient (Wildman–Crippen LogP) is 4.24. The standard InChI is InChI=1S/C31H36FN7O4S/c1-37(2)25-19-38(20-25)24-12-15-39(16-13-24)43-31(41)35-28-18-27(11-14-33-28)42-26-9-7-23(8-10-26)34-30(44)36-29(40)17-21-3-5-22(32)6-4-21/h3-11,14,18,24-25H,12-13,15-17,19-20H2,1-2H3,(H,33,35,41)(H2,34,36,40,44). The lowest BCUT2D eigenvalue weighted by molar-refractivity contribution is -0.123. The number of thiocarbonyl (C=S) groups is 1. The third-order valence-electron chi connectivity index (χ3n) is 7.61. The van der Waals surface area contributed by atoms with Crippen LogP contribution in [-0.2, 0) is 16.1 Å². The van der Waals surface area contributed by atoms with Crippen LogP contribution in [0.1, 0.15) is 18.4 Å². The zero-order valence-electron chi connectivity index (χ0n) is 24.7. The van der Waals surface area contributed by atoms with Crippen LogP contribution in [-0.4, -0.2) is 89.3 Å². The van der Waals surface area contributed by atoms with E-state index in [1.807, 2.05) is 0 Å².